The van der Waals surface area contributed by atoms with Crippen molar-refractivity contribution in [2.24, 2.45) is 5.92 Å². The first kappa shape index (κ1) is 15.5. The third kappa shape index (κ3) is 3.94. The van der Waals surface area contributed by atoms with Gasteiger partial charge in [-0.15, -0.1) is 0 Å². The van der Waals surface area contributed by atoms with Gasteiger partial charge in [0.05, 0.1) is 13.0 Å². The van der Waals surface area contributed by atoms with Crippen molar-refractivity contribution in [3.8, 4) is 0 Å². The molecule has 1 aliphatic rings. The largest absolute Gasteiger partial charge is 0.469 e. The Morgan fingerprint density at radius 3 is 2.16 bits per heavy atom. The fraction of sp³-hybridized carbons (Fsp3) is 0.769. The average Bonchev–Trinajstić information content (AvgIpc) is 2.70. The molecule has 0 spiro atoms. The number of rotatable bonds is 2. The predicted octanol–water partition coefficient (Wildman–Crippen LogP) is 0.738. The van der Waals surface area contributed by atoms with E-state index in [1.54, 1.807) is 20.8 Å². The maximum absolute atomic E-state index is 12.1. The predicted molar refractivity (Wildman–Crippen MR) is 67.1 cm³/mol. The number of esters is 2. The second-order valence-corrected chi connectivity index (χ2v) is 5.68. The number of methoxy groups -OCH3 is 1. The molecule has 1 heterocycles. The van der Waals surface area contributed by atoms with E-state index in [9.17, 15) is 14.4 Å². The third-order valence-electron chi connectivity index (χ3n) is 2.92. The summed E-state index contributed by atoms with van der Waals surface area (Å²) >= 11 is 0. The van der Waals surface area contributed by atoms with Crippen LogP contribution in [0.25, 0.3) is 0 Å². The van der Waals surface area contributed by atoms with Gasteiger partial charge in [-0.3, -0.25) is 9.59 Å². The Labute approximate surface area is 113 Å². The van der Waals surface area contributed by atoms with Crippen LogP contribution in [0, 0.1) is 5.92 Å². The van der Waals surface area contributed by atoms with E-state index in [-0.39, 0.29) is 18.9 Å². The molecule has 1 fully saturated rings. The molecule has 1 aliphatic heterocycles. The van der Waals surface area contributed by atoms with Crippen LogP contribution in [0.4, 0.5) is 0 Å². The molecular formula is C13H21NO5. The van der Waals surface area contributed by atoms with Crippen molar-refractivity contribution in [1.29, 1.82) is 0 Å². The van der Waals surface area contributed by atoms with E-state index >= 15 is 0 Å². The minimum Gasteiger partial charge on any atom is -0.469 e. The monoisotopic (exact) mass is 271 g/mol. The fourth-order valence-electron chi connectivity index (χ4n) is 2.11. The van der Waals surface area contributed by atoms with E-state index in [1.165, 1.54) is 18.9 Å². The van der Waals surface area contributed by atoms with Crippen LogP contribution in [0.2, 0.25) is 0 Å². The summed E-state index contributed by atoms with van der Waals surface area (Å²) in [6.07, 6.45) is 0.251. The van der Waals surface area contributed by atoms with Gasteiger partial charge in [0.1, 0.15) is 11.6 Å². The van der Waals surface area contributed by atoms with Crippen LogP contribution in [-0.4, -0.2) is 48.0 Å². The highest BCUT2D eigenvalue weighted by molar-refractivity contribution is 5.86. The number of carbonyl (C=O) groups is 3. The van der Waals surface area contributed by atoms with Gasteiger partial charge in [-0.25, -0.2) is 4.79 Å². The Bertz CT molecular complexity index is 385. The molecule has 6 heteroatoms. The molecule has 0 radical (unpaired) electrons. The zero-order chi connectivity index (χ0) is 14.8. The van der Waals surface area contributed by atoms with Crippen LogP contribution in [-0.2, 0) is 23.9 Å². The van der Waals surface area contributed by atoms with Crippen LogP contribution in [0.3, 0.4) is 0 Å². The molecule has 0 saturated carbocycles. The van der Waals surface area contributed by atoms with Gasteiger partial charge in [-0.05, 0) is 27.2 Å². The summed E-state index contributed by atoms with van der Waals surface area (Å²) in [4.78, 5) is 36.5. The van der Waals surface area contributed by atoms with Gasteiger partial charge in [-0.2, -0.15) is 0 Å². The summed E-state index contributed by atoms with van der Waals surface area (Å²) in [6.45, 7) is 6.85. The quantitative estimate of drug-likeness (QED) is 0.693. The molecule has 0 aromatic carbocycles. The van der Waals surface area contributed by atoms with E-state index in [0.29, 0.717) is 0 Å². The zero-order valence-corrected chi connectivity index (χ0v) is 12.1. The molecule has 2 unspecified atom stereocenters. The number of ether oxygens (including phenoxy) is 2. The first-order chi connectivity index (χ1) is 8.65. The minimum atomic E-state index is -0.708. The SMILES string of the molecule is COC(=O)C1CC(C(=O)OC(C)(C)C)N(C(C)=O)C1. The summed E-state index contributed by atoms with van der Waals surface area (Å²) in [5.74, 6) is -1.60. The van der Waals surface area contributed by atoms with Crippen molar-refractivity contribution in [1.82, 2.24) is 4.90 Å². The van der Waals surface area contributed by atoms with Crippen molar-refractivity contribution in [3.05, 3.63) is 0 Å². The standard InChI is InChI=1S/C13H21NO5/c1-8(15)14-7-9(11(16)18-5)6-10(14)12(17)19-13(2,3)4/h9-10H,6-7H2,1-5H3. The maximum Gasteiger partial charge on any atom is 0.329 e. The van der Waals surface area contributed by atoms with E-state index in [1.807, 2.05) is 0 Å². The number of amides is 1. The topological polar surface area (TPSA) is 72.9 Å². The Hall–Kier alpha value is -1.59. The normalized spacial score (nSPS) is 23.1. The summed E-state index contributed by atoms with van der Waals surface area (Å²) in [5, 5.41) is 0. The van der Waals surface area contributed by atoms with Gasteiger partial charge in [0, 0.05) is 13.5 Å². The lowest BCUT2D eigenvalue weighted by molar-refractivity contribution is -0.162. The van der Waals surface area contributed by atoms with Crippen molar-refractivity contribution >= 4 is 17.8 Å². The highest BCUT2D eigenvalue weighted by Gasteiger charge is 2.43. The molecule has 2 atom stereocenters. The minimum absolute atomic E-state index is 0.200. The van der Waals surface area contributed by atoms with Gasteiger partial charge >= 0.3 is 11.9 Å². The Morgan fingerprint density at radius 2 is 1.74 bits per heavy atom. The molecular weight excluding hydrogens is 250 g/mol. The summed E-state index contributed by atoms with van der Waals surface area (Å²) < 4.78 is 9.94. The van der Waals surface area contributed by atoms with Gasteiger partial charge in [0.2, 0.25) is 5.91 Å². The van der Waals surface area contributed by atoms with Crippen LogP contribution < -0.4 is 0 Å². The van der Waals surface area contributed by atoms with Crippen molar-refractivity contribution < 1.29 is 23.9 Å². The third-order valence-corrected chi connectivity index (χ3v) is 2.92. The van der Waals surface area contributed by atoms with E-state index in [0.717, 1.165) is 0 Å². The number of hydrogen-bond acceptors (Lipinski definition) is 5. The molecule has 0 aliphatic carbocycles. The van der Waals surface area contributed by atoms with Crippen LogP contribution in [0.5, 0.6) is 0 Å². The molecule has 0 N–H and O–H groups in total. The molecule has 108 valence electrons. The zero-order valence-electron chi connectivity index (χ0n) is 12.1. The van der Waals surface area contributed by atoms with Gasteiger partial charge in [0.15, 0.2) is 0 Å². The van der Waals surface area contributed by atoms with Crippen LogP contribution in [0.1, 0.15) is 34.1 Å². The van der Waals surface area contributed by atoms with Crippen LogP contribution in [0.15, 0.2) is 0 Å². The Morgan fingerprint density at radius 1 is 1.16 bits per heavy atom. The number of likely N-dealkylation sites (tertiary alicyclic amines) is 1. The number of carbonyl (C=O) groups excluding carboxylic acids is 3. The molecule has 1 amide bonds. The first-order valence-corrected chi connectivity index (χ1v) is 6.23. The summed E-state index contributed by atoms with van der Waals surface area (Å²) in [7, 11) is 1.29. The number of nitrogens with zero attached hydrogens (tertiary/aromatic N) is 1. The lowest BCUT2D eigenvalue weighted by atomic mass is 10.1. The fourth-order valence-corrected chi connectivity index (χ4v) is 2.11. The van der Waals surface area contributed by atoms with Crippen molar-refractivity contribution in [2.75, 3.05) is 13.7 Å². The van der Waals surface area contributed by atoms with Gasteiger partial charge < -0.3 is 14.4 Å². The smallest absolute Gasteiger partial charge is 0.329 e. The Balaban J connectivity index is 2.82. The molecule has 0 bridgehead atoms. The molecule has 19 heavy (non-hydrogen) atoms. The Kier molecular flexibility index (Phi) is 4.55. The highest BCUT2D eigenvalue weighted by Crippen LogP contribution is 2.26. The molecule has 0 aromatic heterocycles. The molecule has 1 rings (SSSR count). The highest BCUT2D eigenvalue weighted by atomic mass is 16.6. The molecule has 1 saturated heterocycles. The summed E-state index contributed by atoms with van der Waals surface area (Å²) in [5.41, 5.74) is -0.622. The van der Waals surface area contributed by atoms with E-state index < -0.39 is 29.5 Å². The molecule has 6 nitrogen and oxygen atoms in total. The van der Waals surface area contributed by atoms with Crippen molar-refractivity contribution in [3.63, 3.8) is 0 Å². The van der Waals surface area contributed by atoms with E-state index in [4.69, 9.17) is 4.74 Å². The lowest BCUT2D eigenvalue weighted by Gasteiger charge is -2.26. The van der Waals surface area contributed by atoms with Gasteiger partial charge in [-0.1, -0.05) is 0 Å². The first-order valence-electron chi connectivity index (χ1n) is 6.23. The van der Waals surface area contributed by atoms with Crippen LogP contribution >= 0.6 is 0 Å². The van der Waals surface area contributed by atoms with E-state index in [2.05, 4.69) is 4.74 Å². The lowest BCUT2D eigenvalue weighted by Crippen LogP contribution is -2.42. The summed E-state index contributed by atoms with van der Waals surface area (Å²) in [6, 6.07) is -0.708. The second kappa shape index (κ2) is 5.59. The van der Waals surface area contributed by atoms with Gasteiger partial charge in [0.25, 0.3) is 0 Å². The maximum atomic E-state index is 12.1. The number of hydrogen-bond donors (Lipinski definition) is 0. The second-order valence-electron chi connectivity index (χ2n) is 5.68. The van der Waals surface area contributed by atoms with Crippen molar-refractivity contribution in [2.45, 2.75) is 45.8 Å². The molecule has 0 aromatic rings. The average molecular weight is 271 g/mol.